The van der Waals surface area contributed by atoms with Gasteiger partial charge in [-0.05, 0) is 59.0 Å². The fourth-order valence-corrected chi connectivity index (χ4v) is 4.58. The molecule has 0 aliphatic carbocycles. The summed E-state index contributed by atoms with van der Waals surface area (Å²) in [6, 6.07) is 6.88. The van der Waals surface area contributed by atoms with Crippen LogP contribution in [0.1, 0.15) is 30.9 Å². The van der Waals surface area contributed by atoms with Crippen molar-refractivity contribution in [2.24, 2.45) is 0 Å². The molecule has 1 aromatic carbocycles. The van der Waals surface area contributed by atoms with Gasteiger partial charge in [-0.3, -0.25) is 0 Å². The number of β-amino-alcohol motifs (C(OH)–C–C–N with tert-alkyl or cyclic N) is 1. The molecule has 2 aliphatic heterocycles. The van der Waals surface area contributed by atoms with Crippen LogP contribution < -0.4 is 10.2 Å². The van der Waals surface area contributed by atoms with Gasteiger partial charge in [0.25, 0.3) is 0 Å². The van der Waals surface area contributed by atoms with Gasteiger partial charge in [0.2, 0.25) is 0 Å². The molecule has 8 nitrogen and oxygen atoms in total. The van der Waals surface area contributed by atoms with Gasteiger partial charge in [-0.15, -0.1) is 0 Å². The molecule has 10 heteroatoms. The van der Waals surface area contributed by atoms with Crippen LogP contribution in [-0.4, -0.2) is 56.4 Å². The molecule has 2 aromatic heterocycles. The molecule has 162 valence electrons. The summed E-state index contributed by atoms with van der Waals surface area (Å²) in [4.78, 5) is 21.0. The highest BCUT2D eigenvalue weighted by atomic mass is 79.9. The number of aliphatic hydroxyl groups is 1. The van der Waals surface area contributed by atoms with Gasteiger partial charge in [-0.2, -0.15) is 5.10 Å². The van der Waals surface area contributed by atoms with Crippen LogP contribution in [0.15, 0.2) is 41.1 Å². The number of aliphatic hydroxyl groups excluding tert-OH is 1. The summed E-state index contributed by atoms with van der Waals surface area (Å²) < 4.78 is 16.2. The molecule has 2 saturated heterocycles. The third-order valence-electron chi connectivity index (χ3n) is 5.92. The quantitative estimate of drug-likeness (QED) is 0.588. The Morgan fingerprint density at radius 1 is 1.26 bits per heavy atom. The number of amides is 2. The molecule has 3 aromatic rings. The van der Waals surface area contributed by atoms with E-state index in [0.717, 1.165) is 30.8 Å². The minimum atomic E-state index is -0.477. The van der Waals surface area contributed by atoms with E-state index >= 15 is 0 Å². The van der Waals surface area contributed by atoms with Crippen molar-refractivity contribution in [1.82, 2.24) is 19.5 Å². The SMILES string of the molecule is O=C(Nc1cnn2ccc(N3CCCC3c3ccc(Br)c(F)c3)nc12)N1CC[C@H](O)C1. The highest BCUT2D eigenvalue weighted by Gasteiger charge is 2.29. The average Bonchev–Trinajstić information content (AvgIpc) is 3.50. The zero-order chi connectivity index (χ0) is 21.5. The number of hydrogen-bond donors (Lipinski definition) is 2. The summed E-state index contributed by atoms with van der Waals surface area (Å²) in [5, 5.41) is 16.8. The van der Waals surface area contributed by atoms with E-state index < -0.39 is 6.10 Å². The lowest BCUT2D eigenvalue weighted by Crippen LogP contribution is -2.33. The lowest BCUT2D eigenvalue weighted by atomic mass is 10.0. The topological polar surface area (TPSA) is 86.0 Å². The van der Waals surface area contributed by atoms with Gasteiger partial charge in [-0.25, -0.2) is 18.7 Å². The van der Waals surface area contributed by atoms with Crippen molar-refractivity contribution in [3.8, 4) is 0 Å². The molecule has 4 heterocycles. The second-order valence-electron chi connectivity index (χ2n) is 7.96. The normalized spacial score (nSPS) is 21.3. The Kier molecular flexibility index (Phi) is 5.27. The summed E-state index contributed by atoms with van der Waals surface area (Å²) in [7, 11) is 0. The van der Waals surface area contributed by atoms with Crippen molar-refractivity contribution in [3.63, 3.8) is 0 Å². The first-order valence-corrected chi connectivity index (χ1v) is 11.1. The first kappa shape index (κ1) is 20.2. The Bertz CT molecular complexity index is 1140. The number of nitrogens with one attached hydrogen (secondary N) is 1. The van der Waals surface area contributed by atoms with Crippen LogP contribution >= 0.6 is 15.9 Å². The van der Waals surface area contributed by atoms with Gasteiger partial charge in [-0.1, -0.05) is 6.07 Å². The third-order valence-corrected chi connectivity index (χ3v) is 6.57. The van der Waals surface area contributed by atoms with Crippen molar-refractivity contribution < 1.29 is 14.3 Å². The number of aromatic nitrogens is 3. The number of carbonyl (C=O) groups is 1. The molecule has 2 atom stereocenters. The smallest absolute Gasteiger partial charge is 0.322 e. The first-order valence-electron chi connectivity index (χ1n) is 10.3. The Hall–Kier alpha value is -2.72. The summed E-state index contributed by atoms with van der Waals surface area (Å²) in [6.45, 7) is 1.65. The molecule has 0 bridgehead atoms. The number of carbonyl (C=O) groups excluding carboxylic acids is 1. The maximum absolute atomic E-state index is 14.1. The monoisotopic (exact) mass is 488 g/mol. The lowest BCUT2D eigenvalue weighted by molar-refractivity contribution is 0.176. The van der Waals surface area contributed by atoms with E-state index in [2.05, 4.69) is 31.2 Å². The van der Waals surface area contributed by atoms with E-state index in [1.165, 1.54) is 0 Å². The van der Waals surface area contributed by atoms with Crippen LogP contribution in [0.4, 0.5) is 20.7 Å². The van der Waals surface area contributed by atoms with Crippen LogP contribution in [0.2, 0.25) is 0 Å². The summed E-state index contributed by atoms with van der Waals surface area (Å²) in [6.07, 6.45) is 5.38. The summed E-state index contributed by atoms with van der Waals surface area (Å²) in [5.74, 6) is 0.478. The van der Waals surface area contributed by atoms with E-state index in [-0.39, 0.29) is 17.9 Å². The maximum Gasteiger partial charge on any atom is 0.322 e. The zero-order valence-electron chi connectivity index (χ0n) is 16.7. The van der Waals surface area contributed by atoms with E-state index in [4.69, 9.17) is 4.98 Å². The number of hydrogen-bond acceptors (Lipinski definition) is 5. The van der Waals surface area contributed by atoms with Crippen molar-refractivity contribution in [3.05, 3.63) is 52.5 Å². The molecule has 0 spiro atoms. The van der Waals surface area contributed by atoms with E-state index in [1.807, 2.05) is 18.3 Å². The maximum atomic E-state index is 14.1. The highest BCUT2D eigenvalue weighted by molar-refractivity contribution is 9.10. The minimum absolute atomic E-state index is 0.0320. The molecular weight excluding hydrogens is 467 g/mol. The number of likely N-dealkylation sites (tertiary alicyclic amines) is 1. The molecule has 0 radical (unpaired) electrons. The Labute approximate surface area is 186 Å². The van der Waals surface area contributed by atoms with Gasteiger partial charge < -0.3 is 20.2 Å². The van der Waals surface area contributed by atoms with Crippen molar-refractivity contribution in [2.75, 3.05) is 29.9 Å². The Morgan fingerprint density at radius 2 is 2.13 bits per heavy atom. The van der Waals surface area contributed by atoms with E-state index in [1.54, 1.807) is 27.7 Å². The predicted octanol–water partition coefficient (Wildman–Crippen LogP) is 3.57. The number of halogens is 2. The molecule has 2 fully saturated rings. The minimum Gasteiger partial charge on any atom is -0.391 e. The number of nitrogens with zero attached hydrogens (tertiary/aromatic N) is 5. The molecule has 2 N–H and O–H groups in total. The number of anilines is 2. The van der Waals surface area contributed by atoms with Gasteiger partial charge >= 0.3 is 6.03 Å². The largest absolute Gasteiger partial charge is 0.391 e. The molecule has 2 aliphatic rings. The molecular formula is C21H22BrFN6O2. The molecule has 1 unspecified atom stereocenters. The predicted molar refractivity (Wildman–Crippen MR) is 118 cm³/mol. The van der Waals surface area contributed by atoms with Gasteiger partial charge in [0.05, 0.1) is 22.8 Å². The molecule has 0 saturated carbocycles. The number of rotatable bonds is 3. The number of urea groups is 1. The second kappa shape index (κ2) is 8.08. The lowest BCUT2D eigenvalue weighted by Gasteiger charge is -2.26. The van der Waals surface area contributed by atoms with Crippen LogP contribution in [0, 0.1) is 5.82 Å². The fourth-order valence-electron chi connectivity index (χ4n) is 4.34. The Balaban J connectivity index is 1.42. The molecule has 5 rings (SSSR count). The number of fused-ring (bicyclic) bond motifs is 1. The highest BCUT2D eigenvalue weighted by Crippen LogP contribution is 2.36. The molecule has 2 amide bonds. The van der Waals surface area contributed by atoms with Crippen LogP contribution in [0.3, 0.4) is 0 Å². The number of benzene rings is 1. The van der Waals surface area contributed by atoms with Crippen LogP contribution in [-0.2, 0) is 0 Å². The summed E-state index contributed by atoms with van der Waals surface area (Å²) >= 11 is 3.21. The van der Waals surface area contributed by atoms with Crippen LogP contribution in [0.25, 0.3) is 5.65 Å². The van der Waals surface area contributed by atoms with Crippen molar-refractivity contribution >= 4 is 39.1 Å². The zero-order valence-corrected chi connectivity index (χ0v) is 18.3. The van der Waals surface area contributed by atoms with Gasteiger partial charge in [0.1, 0.15) is 17.3 Å². The first-order chi connectivity index (χ1) is 15.0. The van der Waals surface area contributed by atoms with E-state index in [0.29, 0.717) is 35.3 Å². The second-order valence-corrected chi connectivity index (χ2v) is 8.81. The van der Waals surface area contributed by atoms with Crippen molar-refractivity contribution in [1.29, 1.82) is 0 Å². The Morgan fingerprint density at radius 3 is 2.90 bits per heavy atom. The van der Waals surface area contributed by atoms with Crippen molar-refractivity contribution in [2.45, 2.75) is 31.4 Å². The van der Waals surface area contributed by atoms with E-state index in [9.17, 15) is 14.3 Å². The van der Waals surface area contributed by atoms with Gasteiger partial charge in [0, 0.05) is 25.8 Å². The standard InChI is InChI=1S/C21H22BrFN6O2/c22-15-4-3-13(10-16(15)23)18-2-1-7-28(18)19-6-9-29-20(26-19)17(11-24-29)25-21(31)27-8-5-14(30)12-27/h3-4,6,9-11,14,18,30H,1-2,5,7-8,12H2,(H,25,31)/t14-,18?/m0/s1. The molecule has 31 heavy (non-hydrogen) atoms. The summed E-state index contributed by atoms with van der Waals surface area (Å²) in [5.41, 5.74) is 1.96. The fraction of sp³-hybridized carbons (Fsp3) is 0.381. The van der Waals surface area contributed by atoms with Gasteiger partial charge in [0.15, 0.2) is 5.65 Å². The third kappa shape index (κ3) is 3.85. The average molecular weight is 489 g/mol. The van der Waals surface area contributed by atoms with Crippen LogP contribution in [0.5, 0.6) is 0 Å².